The van der Waals surface area contributed by atoms with Crippen LogP contribution >= 0.6 is 11.8 Å². The van der Waals surface area contributed by atoms with Crippen molar-refractivity contribution in [2.75, 3.05) is 12.4 Å². The maximum Gasteiger partial charge on any atom is 0.140 e. The van der Waals surface area contributed by atoms with Gasteiger partial charge in [-0.3, -0.25) is 0 Å². The normalized spacial score (nSPS) is 10.3. The first-order valence-corrected chi connectivity index (χ1v) is 5.77. The first-order chi connectivity index (χ1) is 8.19. The number of pyridine rings is 1. The molecule has 1 N–H and O–H groups in total. The summed E-state index contributed by atoms with van der Waals surface area (Å²) in [4.78, 5) is 5.29. The lowest BCUT2D eigenvalue weighted by Gasteiger charge is -2.05. The fourth-order valence-electron chi connectivity index (χ4n) is 1.30. The number of nitrogens with zero attached hydrogens (tertiary/aromatic N) is 1. The number of hydrogen-bond acceptors (Lipinski definition) is 3. The van der Waals surface area contributed by atoms with Crippen LogP contribution in [0.15, 0.2) is 46.3 Å². The minimum Gasteiger partial charge on any atom is -0.373 e. The average molecular weight is 252 g/mol. The lowest BCUT2D eigenvalue weighted by molar-refractivity contribution is 0.565. The molecule has 0 spiro atoms. The van der Waals surface area contributed by atoms with Crippen molar-refractivity contribution in [1.82, 2.24) is 4.98 Å². The standard InChI is InChI=1S/C12H10F2N2S/c1-15-12-7-9(4-5-16-12)17-11-3-2-8(13)6-10(11)14/h2-7H,1H3,(H,15,16). The summed E-state index contributed by atoms with van der Waals surface area (Å²) in [5, 5.41) is 2.90. The van der Waals surface area contributed by atoms with Crippen LogP contribution in [0, 0.1) is 11.6 Å². The number of hydrogen-bond donors (Lipinski definition) is 1. The van der Waals surface area contributed by atoms with Crippen LogP contribution in [0.2, 0.25) is 0 Å². The molecule has 2 nitrogen and oxygen atoms in total. The highest BCUT2D eigenvalue weighted by Crippen LogP contribution is 2.30. The van der Waals surface area contributed by atoms with Crippen LogP contribution in [0.25, 0.3) is 0 Å². The van der Waals surface area contributed by atoms with E-state index in [0.29, 0.717) is 10.7 Å². The molecule has 0 aliphatic carbocycles. The van der Waals surface area contributed by atoms with Crippen molar-refractivity contribution in [2.45, 2.75) is 9.79 Å². The number of anilines is 1. The van der Waals surface area contributed by atoms with Crippen molar-refractivity contribution in [2.24, 2.45) is 0 Å². The van der Waals surface area contributed by atoms with Crippen molar-refractivity contribution >= 4 is 17.6 Å². The van der Waals surface area contributed by atoms with Crippen LogP contribution in [0.4, 0.5) is 14.6 Å². The predicted molar refractivity (Wildman–Crippen MR) is 64.3 cm³/mol. The van der Waals surface area contributed by atoms with Crippen molar-refractivity contribution in [1.29, 1.82) is 0 Å². The van der Waals surface area contributed by atoms with Gasteiger partial charge in [0.15, 0.2) is 0 Å². The topological polar surface area (TPSA) is 24.9 Å². The fourth-order valence-corrected chi connectivity index (χ4v) is 2.14. The molecular formula is C12H10F2N2S. The minimum atomic E-state index is -0.572. The van der Waals surface area contributed by atoms with E-state index in [4.69, 9.17) is 0 Å². The van der Waals surface area contributed by atoms with Crippen LogP contribution in [0.1, 0.15) is 0 Å². The number of nitrogens with one attached hydrogen (secondary N) is 1. The van der Waals surface area contributed by atoms with Gasteiger partial charge >= 0.3 is 0 Å². The van der Waals surface area contributed by atoms with Gasteiger partial charge in [0.1, 0.15) is 17.5 Å². The highest BCUT2D eigenvalue weighted by molar-refractivity contribution is 7.99. The number of aromatic nitrogens is 1. The van der Waals surface area contributed by atoms with Gasteiger partial charge in [-0.2, -0.15) is 0 Å². The van der Waals surface area contributed by atoms with Crippen LogP contribution < -0.4 is 5.32 Å². The Labute approximate surface area is 102 Å². The van der Waals surface area contributed by atoms with Crippen molar-refractivity contribution < 1.29 is 8.78 Å². The van der Waals surface area contributed by atoms with Crippen molar-refractivity contribution in [3.8, 4) is 0 Å². The molecule has 0 atom stereocenters. The third-order valence-corrected chi connectivity index (χ3v) is 3.15. The molecule has 0 saturated heterocycles. The Morgan fingerprint density at radius 1 is 1.18 bits per heavy atom. The first-order valence-electron chi connectivity index (χ1n) is 4.96. The summed E-state index contributed by atoms with van der Waals surface area (Å²) in [6.45, 7) is 0. The van der Waals surface area contributed by atoms with Gasteiger partial charge in [0.05, 0.1) is 0 Å². The molecule has 17 heavy (non-hydrogen) atoms. The molecule has 5 heteroatoms. The molecular weight excluding hydrogens is 242 g/mol. The van der Waals surface area contributed by atoms with Gasteiger partial charge in [0.2, 0.25) is 0 Å². The summed E-state index contributed by atoms with van der Waals surface area (Å²) in [6, 6.07) is 7.12. The molecule has 0 saturated carbocycles. The third-order valence-electron chi connectivity index (χ3n) is 2.11. The smallest absolute Gasteiger partial charge is 0.140 e. The van der Waals surface area contributed by atoms with E-state index in [9.17, 15) is 8.78 Å². The van der Waals surface area contributed by atoms with Crippen LogP contribution in [-0.4, -0.2) is 12.0 Å². The summed E-state index contributed by atoms with van der Waals surface area (Å²) >= 11 is 1.23. The van der Waals surface area contributed by atoms with Crippen LogP contribution in [0.5, 0.6) is 0 Å². The lowest BCUT2D eigenvalue weighted by Crippen LogP contribution is -1.91. The Hall–Kier alpha value is -1.62. The Bertz CT molecular complexity index is 532. The highest BCUT2D eigenvalue weighted by atomic mass is 32.2. The molecule has 0 unspecified atom stereocenters. The summed E-state index contributed by atoms with van der Waals surface area (Å²) in [5.41, 5.74) is 0. The van der Waals surface area contributed by atoms with Gasteiger partial charge in [0, 0.05) is 29.1 Å². The van der Waals surface area contributed by atoms with Crippen LogP contribution in [-0.2, 0) is 0 Å². The maximum atomic E-state index is 13.4. The molecule has 0 radical (unpaired) electrons. The Morgan fingerprint density at radius 2 is 2.00 bits per heavy atom. The van der Waals surface area contributed by atoms with Gasteiger partial charge in [-0.15, -0.1) is 0 Å². The first kappa shape index (κ1) is 11.9. The van der Waals surface area contributed by atoms with Gasteiger partial charge in [0.25, 0.3) is 0 Å². The molecule has 2 aromatic rings. The lowest BCUT2D eigenvalue weighted by atomic mass is 10.3. The molecule has 1 heterocycles. The van der Waals surface area contributed by atoms with E-state index in [1.807, 2.05) is 0 Å². The zero-order valence-corrected chi connectivity index (χ0v) is 9.89. The second-order valence-electron chi connectivity index (χ2n) is 3.30. The summed E-state index contributed by atoms with van der Waals surface area (Å²) in [6.07, 6.45) is 1.63. The van der Waals surface area contributed by atoms with E-state index in [1.165, 1.54) is 23.9 Å². The summed E-state index contributed by atoms with van der Waals surface area (Å²) in [7, 11) is 1.76. The average Bonchev–Trinajstić information content (AvgIpc) is 2.33. The predicted octanol–water partition coefficient (Wildman–Crippen LogP) is 3.55. The molecule has 1 aromatic carbocycles. The van der Waals surface area contributed by atoms with E-state index in [-0.39, 0.29) is 0 Å². The maximum absolute atomic E-state index is 13.4. The van der Waals surface area contributed by atoms with Gasteiger partial charge in [-0.05, 0) is 24.3 Å². The monoisotopic (exact) mass is 252 g/mol. The summed E-state index contributed by atoms with van der Waals surface area (Å²) < 4.78 is 26.2. The molecule has 0 bridgehead atoms. The number of rotatable bonds is 3. The molecule has 0 aliphatic heterocycles. The van der Waals surface area contributed by atoms with Gasteiger partial charge in [-0.1, -0.05) is 11.8 Å². The third kappa shape index (κ3) is 2.94. The minimum absolute atomic E-state index is 0.389. The van der Waals surface area contributed by atoms with Crippen LogP contribution in [0.3, 0.4) is 0 Å². The quantitative estimate of drug-likeness (QED) is 0.904. The van der Waals surface area contributed by atoms with E-state index < -0.39 is 11.6 Å². The Morgan fingerprint density at radius 3 is 2.71 bits per heavy atom. The SMILES string of the molecule is CNc1cc(Sc2ccc(F)cc2F)ccn1. The van der Waals surface area contributed by atoms with E-state index >= 15 is 0 Å². The Balaban J connectivity index is 2.25. The molecule has 1 aromatic heterocycles. The molecule has 0 aliphatic rings. The molecule has 2 rings (SSSR count). The summed E-state index contributed by atoms with van der Waals surface area (Å²) in [5.74, 6) is -0.423. The second-order valence-corrected chi connectivity index (χ2v) is 4.42. The second kappa shape index (κ2) is 5.14. The van der Waals surface area contributed by atoms with E-state index in [2.05, 4.69) is 10.3 Å². The van der Waals surface area contributed by atoms with Crippen molar-refractivity contribution in [3.63, 3.8) is 0 Å². The van der Waals surface area contributed by atoms with Crippen molar-refractivity contribution in [3.05, 3.63) is 48.2 Å². The molecule has 0 fully saturated rings. The highest BCUT2D eigenvalue weighted by Gasteiger charge is 2.06. The number of halogens is 2. The molecule has 0 amide bonds. The largest absolute Gasteiger partial charge is 0.373 e. The van der Waals surface area contributed by atoms with E-state index in [0.717, 1.165) is 11.0 Å². The number of benzene rings is 1. The van der Waals surface area contributed by atoms with E-state index in [1.54, 1.807) is 25.4 Å². The van der Waals surface area contributed by atoms with Gasteiger partial charge < -0.3 is 5.32 Å². The zero-order chi connectivity index (χ0) is 12.3. The fraction of sp³-hybridized carbons (Fsp3) is 0.0833. The Kier molecular flexibility index (Phi) is 3.58. The molecule has 88 valence electrons. The zero-order valence-electron chi connectivity index (χ0n) is 9.08. The van der Waals surface area contributed by atoms with Gasteiger partial charge in [-0.25, -0.2) is 13.8 Å².